The molecule has 0 atom stereocenters. The first kappa shape index (κ1) is 16.2. The highest BCUT2D eigenvalue weighted by Gasteiger charge is 2.22. The maximum atomic E-state index is 12.8. The van der Waals surface area contributed by atoms with Crippen LogP contribution in [-0.4, -0.2) is 27.6 Å². The largest absolute Gasteiger partial charge is 0.508 e. The van der Waals surface area contributed by atoms with Crippen molar-refractivity contribution in [3.63, 3.8) is 0 Å². The molecule has 0 spiro atoms. The van der Waals surface area contributed by atoms with E-state index in [-0.39, 0.29) is 17.2 Å². The lowest BCUT2D eigenvalue weighted by Gasteiger charge is -2.16. The summed E-state index contributed by atoms with van der Waals surface area (Å²) in [5.74, 6) is -0.0643. The summed E-state index contributed by atoms with van der Waals surface area (Å²) in [5.41, 5.74) is 1.20. The molecule has 1 amide bonds. The Hall–Kier alpha value is -2.67. The van der Waals surface area contributed by atoms with Crippen LogP contribution in [0.5, 0.6) is 5.75 Å². The number of rotatable bonds is 3. The van der Waals surface area contributed by atoms with Gasteiger partial charge in [0.2, 0.25) is 0 Å². The zero-order valence-electron chi connectivity index (χ0n) is 13.6. The van der Waals surface area contributed by atoms with Crippen LogP contribution >= 0.6 is 11.3 Å². The van der Waals surface area contributed by atoms with Gasteiger partial charge in [-0.15, -0.1) is 11.3 Å². The molecule has 0 fully saturated rings. The van der Waals surface area contributed by atoms with Gasteiger partial charge in [0.1, 0.15) is 10.6 Å². The Morgan fingerprint density at radius 1 is 1.33 bits per heavy atom. The molecular formula is C17H17N3O3S. The first-order chi connectivity index (χ1) is 11.4. The summed E-state index contributed by atoms with van der Waals surface area (Å²) < 4.78 is 1.53. The minimum Gasteiger partial charge on any atom is -0.508 e. The monoisotopic (exact) mass is 343 g/mol. The van der Waals surface area contributed by atoms with Crippen molar-refractivity contribution in [3.05, 3.63) is 51.4 Å². The zero-order valence-corrected chi connectivity index (χ0v) is 14.4. The number of benzene rings is 1. The first-order valence-electron chi connectivity index (χ1n) is 7.49. The number of hydrogen-bond donors (Lipinski definition) is 1. The smallest absolute Gasteiger partial charge is 0.268 e. The first-order valence-corrected chi connectivity index (χ1v) is 8.31. The van der Waals surface area contributed by atoms with E-state index >= 15 is 0 Å². The number of anilines is 1. The number of nitrogens with zero attached hydrogens (tertiary/aromatic N) is 3. The minimum atomic E-state index is -0.205. The van der Waals surface area contributed by atoms with Crippen molar-refractivity contribution in [2.24, 2.45) is 0 Å². The van der Waals surface area contributed by atoms with Crippen LogP contribution < -0.4 is 10.5 Å². The number of phenolic OH excluding ortho intramolecular Hbond substituents is 1. The zero-order chi connectivity index (χ0) is 17.4. The van der Waals surface area contributed by atoms with Gasteiger partial charge in [-0.1, -0.05) is 0 Å². The molecule has 124 valence electrons. The predicted octanol–water partition coefficient (Wildman–Crippen LogP) is 2.77. The molecule has 1 N–H and O–H groups in total. The Morgan fingerprint density at radius 2 is 2.00 bits per heavy atom. The number of thiophene rings is 1. The molecule has 7 heteroatoms. The number of hydrogen-bond acceptors (Lipinski definition) is 5. The average Bonchev–Trinajstić information content (AvgIpc) is 2.92. The molecule has 0 radical (unpaired) electrons. The topological polar surface area (TPSA) is 75.4 Å². The average molecular weight is 343 g/mol. The number of aryl methyl sites for hydroxylation is 2. The van der Waals surface area contributed by atoms with E-state index in [0.29, 0.717) is 32.9 Å². The van der Waals surface area contributed by atoms with Crippen molar-refractivity contribution >= 4 is 33.1 Å². The molecule has 0 aliphatic carbocycles. The third-order valence-electron chi connectivity index (χ3n) is 3.99. The number of fused-ring (bicyclic) bond motifs is 1. The third kappa shape index (κ3) is 2.56. The van der Waals surface area contributed by atoms with Crippen LogP contribution in [0.15, 0.2) is 35.4 Å². The maximum Gasteiger partial charge on any atom is 0.268 e. The quantitative estimate of drug-likeness (QED) is 0.793. The Labute approximate surface area is 142 Å². The van der Waals surface area contributed by atoms with Crippen molar-refractivity contribution in [3.8, 4) is 5.75 Å². The van der Waals surface area contributed by atoms with Gasteiger partial charge in [-0.2, -0.15) is 0 Å². The molecule has 2 heterocycles. The molecule has 24 heavy (non-hydrogen) atoms. The van der Waals surface area contributed by atoms with Gasteiger partial charge < -0.3 is 10.0 Å². The predicted molar refractivity (Wildman–Crippen MR) is 95.1 cm³/mol. The van der Waals surface area contributed by atoms with Crippen LogP contribution in [0, 0.1) is 6.92 Å². The number of aromatic nitrogens is 2. The molecular weight excluding hydrogens is 326 g/mol. The van der Waals surface area contributed by atoms with Crippen molar-refractivity contribution in [1.82, 2.24) is 9.55 Å². The highest BCUT2D eigenvalue weighted by atomic mass is 32.1. The second-order valence-corrected chi connectivity index (χ2v) is 6.45. The highest BCUT2D eigenvalue weighted by molar-refractivity contribution is 7.20. The lowest BCUT2D eigenvalue weighted by atomic mass is 10.2. The third-order valence-corrected chi connectivity index (χ3v) is 5.18. The van der Waals surface area contributed by atoms with E-state index in [1.54, 1.807) is 26.1 Å². The molecule has 0 aliphatic rings. The van der Waals surface area contributed by atoms with Crippen LogP contribution in [-0.2, 0) is 6.54 Å². The van der Waals surface area contributed by atoms with E-state index in [4.69, 9.17) is 0 Å². The molecule has 3 rings (SSSR count). The fourth-order valence-electron chi connectivity index (χ4n) is 2.53. The van der Waals surface area contributed by atoms with Crippen molar-refractivity contribution in [2.45, 2.75) is 20.4 Å². The molecule has 0 saturated heterocycles. The van der Waals surface area contributed by atoms with Gasteiger partial charge in [0.25, 0.3) is 11.5 Å². The number of carbonyl (C=O) groups is 1. The number of carbonyl (C=O) groups excluding carboxylic acids is 1. The summed E-state index contributed by atoms with van der Waals surface area (Å²) in [6.45, 7) is 4.19. The standard InChI is InChI=1S/C17H17N3O3S/c1-4-20-9-18-15-13(16(20)22)10(2)14(24-15)17(23)19(3)11-5-7-12(21)8-6-11/h5-9,21H,4H2,1-3H3. The van der Waals surface area contributed by atoms with Gasteiger partial charge in [0.05, 0.1) is 16.6 Å². The molecule has 3 aromatic rings. The molecule has 2 aromatic heterocycles. The Bertz CT molecular complexity index is 973. The van der Waals surface area contributed by atoms with Gasteiger partial charge in [0, 0.05) is 19.3 Å². The summed E-state index contributed by atoms with van der Waals surface area (Å²) in [7, 11) is 1.66. The highest BCUT2D eigenvalue weighted by Crippen LogP contribution is 2.29. The van der Waals surface area contributed by atoms with Gasteiger partial charge >= 0.3 is 0 Å². The van der Waals surface area contributed by atoms with Crippen molar-refractivity contribution in [2.75, 3.05) is 11.9 Å². The fraction of sp³-hybridized carbons (Fsp3) is 0.235. The second-order valence-electron chi connectivity index (χ2n) is 5.45. The van der Waals surface area contributed by atoms with Crippen LogP contribution in [0.3, 0.4) is 0 Å². The molecule has 0 unspecified atom stereocenters. The van der Waals surface area contributed by atoms with E-state index in [2.05, 4.69) is 4.98 Å². The Kier molecular flexibility index (Phi) is 4.11. The van der Waals surface area contributed by atoms with Crippen LogP contribution in [0.25, 0.3) is 10.2 Å². The lowest BCUT2D eigenvalue weighted by molar-refractivity contribution is 0.0996. The van der Waals surface area contributed by atoms with Gasteiger partial charge in [-0.25, -0.2) is 4.98 Å². The summed E-state index contributed by atoms with van der Waals surface area (Å²) in [4.78, 5) is 32.2. The van der Waals surface area contributed by atoms with E-state index in [1.807, 2.05) is 6.92 Å². The van der Waals surface area contributed by atoms with E-state index in [9.17, 15) is 14.7 Å². The molecule has 0 aliphatic heterocycles. The summed E-state index contributed by atoms with van der Waals surface area (Å²) in [6, 6.07) is 6.38. The Morgan fingerprint density at radius 3 is 2.62 bits per heavy atom. The SMILES string of the molecule is CCn1cnc2sc(C(=O)N(C)c3ccc(O)cc3)c(C)c2c1=O. The summed E-state index contributed by atoms with van der Waals surface area (Å²) in [5, 5.41) is 9.87. The lowest BCUT2D eigenvalue weighted by Crippen LogP contribution is -2.26. The van der Waals surface area contributed by atoms with Crippen molar-refractivity contribution < 1.29 is 9.90 Å². The van der Waals surface area contributed by atoms with E-state index < -0.39 is 0 Å². The summed E-state index contributed by atoms with van der Waals surface area (Å²) >= 11 is 1.23. The van der Waals surface area contributed by atoms with Crippen LogP contribution in [0.2, 0.25) is 0 Å². The van der Waals surface area contributed by atoms with E-state index in [0.717, 1.165) is 0 Å². The van der Waals surface area contributed by atoms with E-state index in [1.165, 1.54) is 39.3 Å². The maximum absolute atomic E-state index is 12.8. The van der Waals surface area contributed by atoms with Crippen LogP contribution in [0.1, 0.15) is 22.2 Å². The van der Waals surface area contributed by atoms with Crippen molar-refractivity contribution in [1.29, 1.82) is 0 Å². The fourth-order valence-corrected chi connectivity index (χ4v) is 3.65. The normalized spacial score (nSPS) is 11.0. The molecule has 0 saturated carbocycles. The number of amides is 1. The molecule has 0 bridgehead atoms. The molecule has 6 nitrogen and oxygen atoms in total. The molecule has 1 aromatic carbocycles. The summed E-state index contributed by atoms with van der Waals surface area (Å²) in [6.07, 6.45) is 1.51. The Balaban J connectivity index is 2.07. The minimum absolute atomic E-state index is 0.123. The van der Waals surface area contributed by atoms with Gasteiger partial charge in [-0.05, 0) is 43.7 Å². The van der Waals surface area contributed by atoms with Gasteiger partial charge in [0.15, 0.2) is 0 Å². The second kappa shape index (κ2) is 6.09. The number of aromatic hydroxyl groups is 1. The number of phenols is 1. The van der Waals surface area contributed by atoms with Crippen LogP contribution in [0.4, 0.5) is 5.69 Å². The van der Waals surface area contributed by atoms with Gasteiger partial charge in [-0.3, -0.25) is 14.2 Å².